The van der Waals surface area contributed by atoms with Crippen LogP contribution in [0.4, 0.5) is 13.2 Å². The van der Waals surface area contributed by atoms with Crippen LogP contribution in [-0.2, 0) is 17.5 Å². The van der Waals surface area contributed by atoms with E-state index in [9.17, 15) is 13.2 Å². The first-order chi connectivity index (χ1) is 16.4. The molecule has 0 unspecified atom stereocenters. The molecule has 182 valence electrons. The van der Waals surface area contributed by atoms with E-state index in [4.69, 9.17) is 14.2 Å². The zero-order valence-corrected chi connectivity index (χ0v) is 19.4. The molecule has 1 saturated heterocycles. The second-order valence-corrected chi connectivity index (χ2v) is 8.61. The van der Waals surface area contributed by atoms with Gasteiger partial charge in [0.15, 0.2) is 11.0 Å². The Bertz CT molecular complexity index is 1070. The van der Waals surface area contributed by atoms with Crippen LogP contribution in [0.1, 0.15) is 11.4 Å². The van der Waals surface area contributed by atoms with E-state index in [-0.39, 0.29) is 6.61 Å². The summed E-state index contributed by atoms with van der Waals surface area (Å²) in [6, 6.07) is 12.2. The highest BCUT2D eigenvalue weighted by Gasteiger charge is 2.31. The fourth-order valence-electron chi connectivity index (χ4n) is 3.48. The average Bonchev–Trinajstić information content (AvgIpc) is 3.26. The van der Waals surface area contributed by atoms with Gasteiger partial charge in [0.1, 0.15) is 18.1 Å². The number of thioether (sulfide) groups is 1. The van der Waals surface area contributed by atoms with E-state index >= 15 is 0 Å². The molecule has 2 aromatic carbocycles. The number of hydrogen-bond acceptors (Lipinski definition) is 7. The molecule has 1 aliphatic rings. The summed E-state index contributed by atoms with van der Waals surface area (Å²) >= 11 is 1.45. The standard InChI is InChI=1S/C23H25F3N4O3S/c1-31-19-5-7-20(8-6-19)33-16-21-27-28-22(34-14-11-29-9-12-32-13-10-29)30(21)18-4-2-3-17(15-18)23(24,25)26/h2-8,15H,9-14,16H2,1H3. The van der Waals surface area contributed by atoms with Crippen LogP contribution < -0.4 is 9.47 Å². The monoisotopic (exact) mass is 494 g/mol. The zero-order valence-electron chi connectivity index (χ0n) is 18.6. The lowest BCUT2D eigenvalue weighted by Crippen LogP contribution is -2.37. The van der Waals surface area contributed by atoms with Crippen molar-refractivity contribution in [1.29, 1.82) is 0 Å². The number of aromatic nitrogens is 3. The molecule has 0 amide bonds. The third-order valence-electron chi connectivity index (χ3n) is 5.30. The molecule has 34 heavy (non-hydrogen) atoms. The second-order valence-electron chi connectivity index (χ2n) is 7.55. The molecule has 0 N–H and O–H groups in total. The average molecular weight is 495 g/mol. The first-order valence-corrected chi connectivity index (χ1v) is 11.7. The molecule has 11 heteroatoms. The Kier molecular flexibility index (Phi) is 7.96. The van der Waals surface area contributed by atoms with Crippen LogP contribution in [0.15, 0.2) is 53.7 Å². The number of methoxy groups -OCH3 is 1. The highest BCUT2D eigenvalue weighted by Crippen LogP contribution is 2.32. The number of nitrogens with zero attached hydrogens (tertiary/aromatic N) is 4. The topological polar surface area (TPSA) is 61.6 Å². The number of halogens is 3. The summed E-state index contributed by atoms with van der Waals surface area (Å²) in [5, 5.41) is 9.00. The van der Waals surface area contributed by atoms with Crippen molar-refractivity contribution in [2.45, 2.75) is 17.9 Å². The van der Waals surface area contributed by atoms with E-state index in [0.717, 1.165) is 37.5 Å². The van der Waals surface area contributed by atoms with Gasteiger partial charge >= 0.3 is 6.18 Å². The summed E-state index contributed by atoms with van der Waals surface area (Å²) in [4.78, 5) is 2.29. The highest BCUT2D eigenvalue weighted by molar-refractivity contribution is 7.99. The van der Waals surface area contributed by atoms with E-state index in [1.165, 1.54) is 17.8 Å². The minimum absolute atomic E-state index is 0.0413. The van der Waals surface area contributed by atoms with Gasteiger partial charge < -0.3 is 14.2 Å². The van der Waals surface area contributed by atoms with Crippen molar-refractivity contribution in [3.8, 4) is 17.2 Å². The lowest BCUT2D eigenvalue weighted by Gasteiger charge is -2.26. The van der Waals surface area contributed by atoms with Crippen LogP contribution in [0.2, 0.25) is 0 Å². The van der Waals surface area contributed by atoms with Crippen LogP contribution in [0.25, 0.3) is 5.69 Å². The number of ether oxygens (including phenoxy) is 3. The molecule has 1 aromatic heterocycles. The van der Waals surface area contributed by atoms with Crippen LogP contribution in [0, 0.1) is 0 Å². The smallest absolute Gasteiger partial charge is 0.416 e. The third kappa shape index (κ3) is 6.22. The molecule has 0 atom stereocenters. The summed E-state index contributed by atoms with van der Waals surface area (Å²) in [6.45, 7) is 4.00. The number of alkyl halides is 3. The van der Waals surface area contributed by atoms with Gasteiger partial charge in [0, 0.05) is 25.4 Å². The number of morpholine rings is 1. The van der Waals surface area contributed by atoms with Gasteiger partial charge in [0.2, 0.25) is 0 Å². The van der Waals surface area contributed by atoms with Gasteiger partial charge in [-0.3, -0.25) is 9.47 Å². The maximum atomic E-state index is 13.4. The Labute approximate surface area is 199 Å². The van der Waals surface area contributed by atoms with Crippen molar-refractivity contribution in [1.82, 2.24) is 19.7 Å². The molecule has 3 aromatic rings. The number of rotatable bonds is 9. The molecule has 0 spiro atoms. The van der Waals surface area contributed by atoms with Crippen LogP contribution in [-0.4, -0.2) is 65.4 Å². The molecule has 0 bridgehead atoms. The summed E-state index contributed by atoms with van der Waals surface area (Å²) in [6.07, 6.45) is -4.45. The van der Waals surface area contributed by atoms with Crippen molar-refractivity contribution >= 4 is 11.8 Å². The van der Waals surface area contributed by atoms with Crippen molar-refractivity contribution in [3.05, 3.63) is 59.9 Å². The molecular weight excluding hydrogens is 469 g/mol. The van der Waals surface area contributed by atoms with E-state index in [1.807, 2.05) is 0 Å². The predicted octanol–water partition coefficient (Wildman–Crippen LogP) is 4.30. The Morgan fingerprint density at radius 3 is 2.47 bits per heavy atom. The minimum atomic E-state index is -4.45. The van der Waals surface area contributed by atoms with Crippen LogP contribution in [0.5, 0.6) is 11.5 Å². The van der Waals surface area contributed by atoms with E-state index in [0.29, 0.717) is 41.4 Å². The van der Waals surface area contributed by atoms with Crippen molar-refractivity contribution < 1.29 is 27.4 Å². The molecule has 0 radical (unpaired) electrons. The summed E-state index contributed by atoms with van der Waals surface area (Å²) in [5.41, 5.74) is -0.396. The van der Waals surface area contributed by atoms with Crippen molar-refractivity contribution in [3.63, 3.8) is 0 Å². The minimum Gasteiger partial charge on any atom is -0.497 e. The van der Waals surface area contributed by atoms with Crippen molar-refractivity contribution in [2.75, 3.05) is 45.7 Å². The lowest BCUT2D eigenvalue weighted by atomic mass is 10.2. The Morgan fingerprint density at radius 1 is 1.03 bits per heavy atom. The van der Waals surface area contributed by atoms with Gasteiger partial charge in [-0.15, -0.1) is 10.2 Å². The molecular formula is C23H25F3N4O3S. The first kappa shape index (κ1) is 24.4. The molecule has 0 saturated carbocycles. The molecule has 7 nitrogen and oxygen atoms in total. The molecule has 1 aliphatic heterocycles. The first-order valence-electron chi connectivity index (χ1n) is 10.8. The summed E-state index contributed by atoms with van der Waals surface area (Å²) < 4.78 is 58.0. The number of hydrogen-bond donors (Lipinski definition) is 0. The third-order valence-corrected chi connectivity index (χ3v) is 6.21. The van der Waals surface area contributed by atoms with E-state index in [1.54, 1.807) is 42.0 Å². The largest absolute Gasteiger partial charge is 0.497 e. The number of benzene rings is 2. The normalized spacial score (nSPS) is 14.8. The van der Waals surface area contributed by atoms with Gasteiger partial charge in [0.25, 0.3) is 0 Å². The van der Waals surface area contributed by atoms with E-state index in [2.05, 4.69) is 15.1 Å². The maximum Gasteiger partial charge on any atom is 0.416 e. The van der Waals surface area contributed by atoms with Gasteiger partial charge in [-0.2, -0.15) is 13.2 Å². The lowest BCUT2D eigenvalue weighted by molar-refractivity contribution is -0.137. The SMILES string of the molecule is COc1ccc(OCc2nnc(SCCN3CCOCC3)n2-c2cccc(C(F)(F)F)c2)cc1. The van der Waals surface area contributed by atoms with Gasteiger partial charge in [-0.1, -0.05) is 17.8 Å². The second kappa shape index (κ2) is 11.1. The highest BCUT2D eigenvalue weighted by atomic mass is 32.2. The van der Waals surface area contributed by atoms with Crippen molar-refractivity contribution in [2.24, 2.45) is 0 Å². The molecule has 1 fully saturated rings. The van der Waals surface area contributed by atoms with Gasteiger partial charge in [-0.05, 0) is 42.5 Å². The van der Waals surface area contributed by atoms with Crippen LogP contribution in [0.3, 0.4) is 0 Å². The van der Waals surface area contributed by atoms with Gasteiger partial charge in [-0.25, -0.2) is 0 Å². The summed E-state index contributed by atoms with van der Waals surface area (Å²) in [5.74, 6) is 2.40. The molecule has 0 aliphatic carbocycles. The fourth-order valence-corrected chi connectivity index (χ4v) is 4.45. The summed E-state index contributed by atoms with van der Waals surface area (Å²) in [7, 11) is 1.58. The maximum absolute atomic E-state index is 13.4. The Balaban J connectivity index is 1.55. The van der Waals surface area contributed by atoms with Gasteiger partial charge in [0.05, 0.1) is 31.6 Å². The predicted molar refractivity (Wildman–Crippen MR) is 122 cm³/mol. The quantitative estimate of drug-likeness (QED) is 0.411. The van der Waals surface area contributed by atoms with Crippen LogP contribution >= 0.6 is 11.8 Å². The Morgan fingerprint density at radius 2 is 1.76 bits per heavy atom. The van der Waals surface area contributed by atoms with E-state index < -0.39 is 11.7 Å². The molecule has 2 heterocycles. The fraction of sp³-hybridized carbons (Fsp3) is 0.391. The Hall–Kier alpha value is -2.76. The zero-order chi connectivity index (χ0) is 24.0. The molecule has 4 rings (SSSR count).